The van der Waals surface area contributed by atoms with Crippen molar-refractivity contribution in [2.45, 2.75) is 39.7 Å². The Balaban J connectivity index is 2.69. The molecule has 1 aliphatic heterocycles. The third kappa shape index (κ3) is 2.49. The van der Waals surface area contributed by atoms with E-state index in [-0.39, 0.29) is 17.9 Å². The zero-order valence-corrected chi connectivity index (χ0v) is 9.82. The average molecular weight is 212 g/mol. The normalized spacial score (nSPS) is 20.5. The predicted octanol–water partition coefficient (Wildman–Crippen LogP) is 0.866. The highest BCUT2D eigenvalue weighted by molar-refractivity contribution is 5.87. The van der Waals surface area contributed by atoms with E-state index in [0.717, 1.165) is 32.5 Å². The molecule has 0 spiro atoms. The Morgan fingerprint density at radius 2 is 1.93 bits per heavy atom. The van der Waals surface area contributed by atoms with Crippen LogP contribution in [0.25, 0.3) is 0 Å². The molecule has 0 radical (unpaired) electrons. The topological polar surface area (TPSA) is 40.6 Å². The van der Waals surface area contributed by atoms with Crippen LogP contribution < -0.4 is 0 Å². The van der Waals surface area contributed by atoms with Crippen molar-refractivity contribution in [3.8, 4) is 0 Å². The first kappa shape index (κ1) is 12.0. The molecule has 0 aliphatic carbocycles. The lowest BCUT2D eigenvalue weighted by Crippen LogP contribution is -2.47. The zero-order chi connectivity index (χ0) is 11.4. The lowest BCUT2D eigenvalue weighted by Gasteiger charge is -2.28. The molecular weight excluding hydrogens is 192 g/mol. The summed E-state index contributed by atoms with van der Waals surface area (Å²) in [6.07, 6.45) is 1.76. The summed E-state index contributed by atoms with van der Waals surface area (Å²) in [6.45, 7) is 7.64. The zero-order valence-electron chi connectivity index (χ0n) is 9.82. The fourth-order valence-corrected chi connectivity index (χ4v) is 2.15. The van der Waals surface area contributed by atoms with Crippen LogP contribution in [-0.2, 0) is 9.59 Å². The first-order valence-electron chi connectivity index (χ1n) is 5.67. The molecule has 0 aromatic carbocycles. The van der Waals surface area contributed by atoms with Crippen LogP contribution in [0, 0.1) is 0 Å². The van der Waals surface area contributed by atoms with E-state index in [1.54, 1.807) is 9.80 Å². The lowest BCUT2D eigenvalue weighted by atomic mass is 10.2. The molecule has 1 rings (SSSR count). The summed E-state index contributed by atoms with van der Waals surface area (Å²) in [5.74, 6) is 0.116. The van der Waals surface area contributed by atoms with E-state index in [9.17, 15) is 9.59 Å². The Labute approximate surface area is 91.2 Å². The molecule has 1 heterocycles. The summed E-state index contributed by atoms with van der Waals surface area (Å²) in [4.78, 5) is 26.9. The second-order valence-corrected chi connectivity index (χ2v) is 3.88. The largest absolute Gasteiger partial charge is 0.341 e. The number of hydrogen-bond acceptors (Lipinski definition) is 2. The van der Waals surface area contributed by atoms with Gasteiger partial charge in [0.1, 0.15) is 6.04 Å². The van der Waals surface area contributed by atoms with Gasteiger partial charge in [0.05, 0.1) is 0 Å². The summed E-state index contributed by atoms with van der Waals surface area (Å²) in [7, 11) is 0. The van der Waals surface area contributed by atoms with Crippen molar-refractivity contribution in [3.05, 3.63) is 0 Å². The van der Waals surface area contributed by atoms with Crippen LogP contribution >= 0.6 is 0 Å². The molecule has 1 aliphatic rings. The van der Waals surface area contributed by atoms with Crippen molar-refractivity contribution in [1.82, 2.24) is 9.80 Å². The highest BCUT2D eigenvalue weighted by Gasteiger charge is 2.34. The van der Waals surface area contributed by atoms with Crippen LogP contribution in [0.2, 0.25) is 0 Å². The SMILES string of the molecule is CCN(CC)C(=O)C1CCCN1C(C)=O. The van der Waals surface area contributed by atoms with Gasteiger partial charge >= 0.3 is 0 Å². The number of carbonyl (C=O) groups excluding carboxylic acids is 2. The van der Waals surface area contributed by atoms with Crippen LogP contribution in [-0.4, -0.2) is 47.3 Å². The standard InChI is InChI=1S/C11H20N2O2/c1-4-12(5-2)11(15)10-7-6-8-13(10)9(3)14/h10H,4-8H2,1-3H3. The van der Waals surface area contributed by atoms with E-state index < -0.39 is 0 Å². The van der Waals surface area contributed by atoms with E-state index in [4.69, 9.17) is 0 Å². The fraction of sp³-hybridized carbons (Fsp3) is 0.818. The Kier molecular flexibility index (Phi) is 4.12. The molecule has 2 amide bonds. The number of hydrogen-bond donors (Lipinski definition) is 0. The smallest absolute Gasteiger partial charge is 0.245 e. The van der Waals surface area contributed by atoms with Crippen LogP contribution in [0.1, 0.15) is 33.6 Å². The first-order chi connectivity index (χ1) is 7.11. The molecule has 0 saturated carbocycles. The maximum absolute atomic E-state index is 12.1. The van der Waals surface area contributed by atoms with Gasteiger partial charge in [0.2, 0.25) is 11.8 Å². The summed E-state index contributed by atoms with van der Waals surface area (Å²) in [6, 6.07) is -0.206. The van der Waals surface area contributed by atoms with Gasteiger partial charge in [-0.15, -0.1) is 0 Å². The summed E-state index contributed by atoms with van der Waals surface area (Å²) in [5, 5.41) is 0. The third-order valence-corrected chi connectivity index (χ3v) is 3.02. The molecule has 86 valence electrons. The molecule has 4 nitrogen and oxygen atoms in total. The Bertz CT molecular complexity index is 249. The summed E-state index contributed by atoms with van der Waals surface area (Å²) in [5.41, 5.74) is 0. The van der Waals surface area contributed by atoms with Crippen molar-refractivity contribution in [3.63, 3.8) is 0 Å². The number of nitrogens with zero attached hydrogens (tertiary/aromatic N) is 2. The van der Waals surface area contributed by atoms with Crippen LogP contribution in [0.15, 0.2) is 0 Å². The van der Waals surface area contributed by atoms with Crippen molar-refractivity contribution >= 4 is 11.8 Å². The molecule has 0 aromatic rings. The van der Waals surface area contributed by atoms with Gasteiger partial charge in [0, 0.05) is 26.6 Å². The molecule has 1 fully saturated rings. The molecule has 0 N–H and O–H groups in total. The van der Waals surface area contributed by atoms with Crippen molar-refractivity contribution in [1.29, 1.82) is 0 Å². The molecule has 1 atom stereocenters. The van der Waals surface area contributed by atoms with Crippen LogP contribution in [0.3, 0.4) is 0 Å². The van der Waals surface area contributed by atoms with Gasteiger partial charge in [-0.05, 0) is 26.7 Å². The minimum absolute atomic E-state index is 0.0120. The lowest BCUT2D eigenvalue weighted by molar-refractivity contribution is -0.142. The van der Waals surface area contributed by atoms with Gasteiger partial charge in [-0.2, -0.15) is 0 Å². The highest BCUT2D eigenvalue weighted by atomic mass is 16.2. The summed E-state index contributed by atoms with van der Waals surface area (Å²) < 4.78 is 0. The number of amides is 2. The Morgan fingerprint density at radius 1 is 1.33 bits per heavy atom. The van der Waals surface area contributed by atoms with E-state index in [0.29, 0.717) is 0 Å². The maximum Gasteiger partial charge on any atom is 0.245 e. The van der Waals surface area contributed by atoms with Crippen molar-refractivity contribution < 1.29 is 9.59 Å². The summed E-state index contributed by atoms with van der Waals surface area (Å²) >= 11 is 0. The van der Waals surface area contributed by atoms with Crippen molar-refractivity contribution in [2.75, 3.05) is 19.6 Å². The van der Waals surface area contributed by atoms with Gasteiger partial charge < -0.3 is 9.80 Å². The van der Waals surface area contributed by atoms with Crippen molar-refractivity contribution in [2.24, 2.45) is 0 Å². The minimum Gasteiger partial charge on any atom is -0.341 e. The maximum atomic E-state index is 12.1. The average Bonchev–Trinajstić information content (AvgIpc) is 2.67. The highest BCUT2D eigenvalue weighted by Crippen LogP contribution is 2.19. The van der Waals surface area contributed by atoms with Gasteiger partial charge in [-0.25, -0.2) is 0 Å². The first-order valence-corrected chi connectivity index (χ1v) is 5.67. The van der Waals surface area contributed by atoms with E-state index >= 15 is 0 Å². The monoisotopic (exact) mass is 212 g/mol. The molecular formula is C11H20N2O2. The number of carbonyl (C=O) groups is 2. The molecule has 1 unspecified atom stereocenters. The molecule has 4 heteroatoms. The second kappa shape index (κ2) is 5.14. The Morgan fingerprint density at radius 3 is 2.40 bits per heavy atom. The van der Waals surface area contributed by atoms with Gasteiger partial charge in [-0.3, -0.25) is 9.59 Å². The molecule has 0 bridgehead atoms. The van der Waals surface area contributed by atoms with Gasteiger partial charge in [0.25, 0.3) is 0 Å². The van der Waals surface area contributed by atoms with E-state index in [1.165, 1.54) is 6.92 Å². The number of likely N-dealkylation sites (N-methyl/N-ethyl adjacent to an activating group) is 1. The number of likely N-dealkylation sites (tertiary alicyclic amines) is 1. The van der Waals surface area contributed by atoms with E-state index in [2.05, 4.69) is 0 Å². The quantitative estimate of drug-likeness (QED) is 0.696. The van der Waals surface area contributed by atoms with Gasteiger partial charge in [0.15, 0.2) is 0 Å². The molecule has 0 aromatic heterocycles. The van der Waals surface area contributed by atoms with E-state index in [1.807, 2.05) is 13.8 Å². The van der Waals surface area contributed by atoms with Crippen LogP contribution in [0.5, 0.6) is 0 Å². The molecule has 15 heavy (non-hydrogen) atoms. The predicted molar refractivity (Wildman–Crippen MR) is 58.3 cm³/mol. The van der Waals surface area contributed by atoms with Gasteiger partial charge in [-0.1, -0.05) is 0 Å². The minimum atomic E-state index is -0.206. The Hall–Kier alpha value is -1.06. The fourth-order valence-electron chi connectivity index (χ4n) is 2.15. The number of rotatable bonds is 3. The molecule has 1 saturated heterocycles. The third-order valence-electron chi connectivity index (χ3n) is 3.02. The van der Waals surface area contributed by atoms with Crippen LogP contribution in [0.4, 0.5) is 0 Å². The second-order valence-electron chi connectivity index (χ2n) is 3.88.